The van der Waals surface area contributed by atoms with E-state index in [1.54, 1.807) is 5.57 Å². The van der Waals surface area contributed by atoms with Gasteiger partial charge in [-0.3, -0.25) is 0 Å². The van der Waals surface area contributed by atoms with Gasteiger partial charge in [-0.15, -0.1) is 0 Å². The summed E-state index contributed by atoms with van der Waals surface area (Å²) in [5, 5.41) is 1.87. The van der Waals surface area contributed by atoms with E-state index in [1.165, 1.54) is 25.3 Å². The Morgan fingerprint density at radius 1 is 1.36 bits per heavy atom. The minimum atomic E-state index is -0.874. The highest BCUT2D eigenvalue weighted by Gasteiger charge is 2.33. The van der Waals surface area contributed by atoms with Crippen LogP contribution < -0.4 is 0 Å². The van der Waals surface area contributed by atoms with Crippen LogP contribution in [0.4, 0.5) is 0 Å². The summed E-state index contributed by atoms with van der Waals surface area (Å²) in [6.45, 7) is 9.64. The fourth-order valence-corrected chi connectivity index (χ4v) is 5.25. The normalized spacial score (nSPS) is 17.5. The van der Waals surface area contributed by atoms with Gasteiger partial charge in [0.1, 0.15) is 0 Å². The van der Waals surface area contributed by atoms with Crippen molar-refractivity contribution in [3.63, 3.8) is 0 Å². The lowest BCUT2D eigenvalue weighted by molar-refractivity contribution is 0.869. The van der Waals surface area contributed by atoms with Gasteiger partial charge in [0.25, 0.3) is 0 Å². The van der Waals surface area contributed by atoms with Gasteiger partial charge in [-0.2, -0.15) is 0 Å². The number of hydrogen-bond donors (Lipinski definition) is 0. The third kappa shape index (κ3) is 2.19. The van der Waals surface area contributed by atoms with Crippen molar-refractivity contribution in [1.82, 2.24) is 0 Å². The molecule has 1 rings (SSSR count). The second-order valence-corrected chi connectivity index (χ2v) is 9.29. The summed E-state index contributed by atoms with van der Waals surface area (Å²) in [5.41, 5.74) is 1.71. The van der Waals surface area contributed by atoms with Crippen molar-refractivity contribution in [3.05, 3.63) is 10.8 Å². The van der Waals surface area contributed by atoms with Crippen molar-refractivity contribution in [1.29, 1.82) is 0 Å². The van der Waals surface area contributed by atoms with Crippen molar-refractivity contribution in [2.75, 3.05) is 0 Å². The SMILES string of the molecule is CCCC[Si](C)(C)C1=C(C)C1. The largest absolute Gasteiger partial charge is 0.0776 e. The molecule has 0 fully saturated rings. The van der Waals surface area contributed by atoms with E-state index >= 15 is 0 Å². The number of hydrogen-bond acceptors (Lipinski definition) is 0. The molecule has 0 unspecified atom stereocenters. The van der Waals surface area contributed by atoms with E-state index < -0.39 is 8.07 Å². The molecule has 1 heteroatoms. The topological polar surface area (TPSA) is 0 Å². The van der Waals surface area contributed by atoms with E-state index in [-0.39, 0.29) is 0 Å². The molecule has 0 aliphatic heterocycles. The second-order valence-electron chi connectivity index (χ2n) is 4.42. The van der Waals surface area contributed by atoms with Crippen LogP contribution in [0.3, 0.4) is 0 Å². The summed E-state index contributed by atoms with van der Waals surface area (Å²) in [7, 11) is -0.874. The Morgan fingerprint density at radius 3 is 2.27 bits per heavy atom. The first-order valence-electron chi connectivity index (χ1n) is 4.77. The van der Waals surface area contributed by atoms with Crippen molar-refractivity contribution in [2.45, 2.75) is 52.2 Å². The monoisotopic (exact) mass is 168 g/mol. The quantitative estimate of drug-likeness (QED) is 0.561. The predicted molar refractivity (Wildman–Crippen MR) is 54.5 cm³/mol. The molecule has 64 valence electrons. The van der Waals surface area contributed by atoms with Crippen LogP contribution in [0.25, 0.3) is 0 Å². The number of allylic oxidation sites excluding steroid dienone is 2. The second kappa shape index (κ2) is 3.14. The van der Waals surface area contributed by atoms with Crippen molar-refractivity contribution < 1.29 is 0 Å². The first-order chi connectivity index (χ1) is 5.08. The first kappa shape index (κ1) is 9.05. The summed E-state index contributed by atoms with van der Waals surface area (Å²) in [6, 6.07) is 1.51. The molecule has 1 aliphatic carbocycles. The highest BCUT2D eigenvalue weighted by atomic mass is 28.3. The predicted octanol–water partition coefficient (Wildman–Crippen LogP) is 3.75. The molecule has 0 saturated heterocycles. The Balaban J connectivity index is 2.40. The zero-order valence-electron chi connectivity index (χ0n) is 8.33. The Kier molecular flexibility index (Phi) is 2.58. The van der Waals surface area contributed by atoms with Crippen LogP contribution in [0.2, 0.25) is 19.1 Å². The van der Waals surface area contributed by atoms with E-state index in [1.807, 2.05) is 5.20 Å². The third-order valence-corrected chi connectivity index (χ3v) is 6.65. The molecule has 0 spiro atoms. The maximum atomic E-state index is 2.52. The molecule has 0 bridgehead atoms. The van der Waals surface area contributed by atoms with Gasteiger partial charge in [0.05, 0.1) is 8.07 Å². The van der Waals surface area contributed by atoms with Crippen LogP contribution in [-0.2, 0) is 0 Å². The van der Waals surface area contributed by atoms with Gasteiger partial charge in [0.15, 0.2) is 0 Å². The number of rotatable bonds is 4. The summed E-state index contributed by atoms with van der Waals surface area (Å²) < 4.78 is 0. The van der Waals surface area contributed by atoms with E-state index in [9.17, 15) is 0 Å². The minimum Gasteiger partial charge on any atom is -0.0776 e. The minimum absolute atomic E-state index is 0.874. The zero-order valence-corrected chi connectivity index (χ0v) is 9.33. The molecular formula is C10H20Si. The molecule has 0 heterocycles. The highest BCUT2D eigenvalue weighted by Crippen LogP contribution is 2.40. The highest BCUT2D eigenvalue weighted by molar-refractivity contribution is 6.85. The average molecular weight is 168 g/mol. The Morgan fingerprint density at radius 2 is 1.91 bits per heavy atom. The Hall–Kier alpha value is -0.0431. The third-order valence-electron chi connectivity index (χ3n) is 2.80. The summed E-state index contributed by atoms with van der Waals surface area (Å²) >= 11 is 0. The maximum absolute atomic E-state index is 2.52. The van der Waals surface area contributed by atoms with Crippen molar-refractivity contribution >= 4 is 8.07 Å². The lowest BCUT2D eigenvalue weighted by atomic mass is 10.4. The fourth-order valence-electron chi connectivity index (χ4n) is 1.81. The molecule has 1 aliphatic rings. The van der Waals surface area contributed by atoms with Crippen LogP contribution in [-0.4, -0.2) is 8.07 Å². The van der Waals surface area contributed by atoms with Gasteiger partial charge in [0.2, 0.25) is 0 Å². The smallest absolute Gasteiger partial charge is 0.0758 e. The van der Waals surface area contributed by atoms with Crippen molar-refractivity contribution in [2.24, 2.45) is 0 Å². The molecule has 0 N–H and O–H groups in total. The molecule has 0 aromatic heterocycles. The fraction of sp³-hybridized carbons (Fsp3) is 0.800. The van der Waals surface area contributed by atoms with Gasteiger partial charge in [-0.25, -0.2) is 0 Å². The summed E-state index contributed by atoms with van der Waals surface area (Å²) in [6.07, 6.45) is 4.18. The van der Waals surface area contributed by atoms with Gasteiger partial charge in [-0.05, 0) is 13.3 Å². The molecule has 0 radical (unpaired) electrons. The lowest BCUT2D eigenvalue weighted by Crippen LogP contribution is -2.24. The van der Waals surface area contributed by atoms with Gasteiger partial charge < -0.3 is 0 Å². The van der Waals surface area contributed by atoms with E-state index in [0.717, 1.165) is 0 Å². The molecule has 0 nitrogen and oxygen atoms in total. The molecular weight excluding hydrogens is 148 g/mol. The van der Waals surface area contributed by atoms with E-state index in [0.29, 0.717) is 0 Å². The molecule has 0 aromatic carbocycles. The van der Waals surface area contributed by atoms with Crippen LogP contribution in [0, 0.1) is 0 Å². The molecule has 11 heavy (non-hydrogen) atoms. The molecule has 0 aromatic rings. The van der Waals surface area contributed by atoms with Crippen LogP contribution in [0.15, 0.2) is 10.8 Å². The standard InChI is InChI=1S/C10H20Si/c1-5-6-7-11(3,4)10-8-9(10)2/h5-8H2,1-4H3. The van der Waals surface area contributed by atoms with Gasteiger partial charge >= 0.3 is 0 Å². The molecule has 0 atom stereocenters. The average Bonchev–Trinajstić information content (AvgIpc) is 2.63. The molecule has 0 amide bonds. The summed E-state index contributed by atoms with van der Waals surface area (Å²) in [5.74, 6) is 0. The Labute approximate surface area is 71.7 Å². The molecule has 0 saturated carbocycles. The lowest BCUT2D eigenvalue weighted by Gasteiger charge is -2.18. The Bertz CT molecular complexity index is 177. The number of unbranched alkanes of at least 4 members (excludes halogenated alkanes) is 1. The van der Waals surface area contributed by atoms with Crippen molar-refractivity contribution in [3.8, 4) is 0 Å². The maximum Gasteiger partial charge on any atom is 0.0758 e. The van der Waals surface area contributed by atoms with Crippen LogP contribution >= 0.6 is 0 Å². The van der Waals surface area contributed by atoms with E-state index in [4.69, 9.17) is 0 Å². The first-order valence-corrected chi connectivity index (χ1v) is 7.97. The van der Waals surface area contributed by atoms with E-state index in [2.05, 4.69) is 26.9 Å². The van der Waals surface area contributed by atoms with Gasteiger partial charge in [0, 0.05) is 0 Å². The summed E-state index contributed by atoms with van der Waals surface area (Å²) in [4.78, 5) is 0. The van der Waals surface area contributed by atoms with Crippen LogP contribution in [0.5, 0.6) is 0 Å². The van der Waals surface area contributed by atoms with Gasteiger partial charge in [-0.1, -0.05) is 49.7 Å². The van der Waals surface area contributed by atoms with Crippen LogP contribution in [0.1, 0.15) is 33.1 Å². The zero-order chi connectivity index (χ0) is 8.48.